The minimum atomic E-state index is -3.94. The van der Waals surface area contributed by atoms with Crippen molar-refractivity contribution in [3.8, 4) is 33.4 Å². The highest BCUT2D eigenvalue weighted by molar-refractivity contribution is 7.89. The number of nitrogens with zero attached hydrogens (tertiary/aromatic N) is 7. The number of amides is 3. The summed E-state index contributed by atoms with van der Waals surface area (Å²) in [7, 11) is -11.5. The predicted molar refractivity (Wildman–Crippen MR) is 525 cm³/mol. The van der Waals surface area contributed by atoms with Crippen LogP contribution in [-0.2, 0) is 60.6 Å². The Hall–Kier alpha value is -11.1. The first kappa shape index (κ1) is 106. The molecule has 10 aromatic rings. The van der Waals surface area contributed by atoms with E-state index in [2.05, 4.69) is 73.2 Å². The lowest BCUT2D eigenvalue weighted by atomic mass is 9.87. The minimum absolute atomic E-state index is 0.00419. The van der Waals surface area contributed by atoms with Crippen molar-refractivity contribution >= 4 is 59.7 Å². The topological polar surface area (TPSA) is 406 Å². The quantitative estimate of drug-likeness (QED) is 0.0263. The van der Waals surface area contributed by atoms with Gasteiger partial charge >= 0.3 is 12.1 Å². The number of nitrogens with two attached hydrogens (primary N) is 2. The molecule has 0 saturated carbocycles. The second-order valence-electron chi connectivity index (χ2n) is 36.6. The van der Waals surface area contributed by atoms with E-state index >= 15 is 0 Å². The highest BCUT2D eigenvalue weighted by Gasteiger charge is 2.42. The summed E-state index contributed by atoms with van der Waals surface area (Å²) in [5, 5.41) is 46.3. The molecule has 0 spiro atoms. The van der Waals surface area contributed by atoms with Crippen molar-refractivity contribution < 1.29 is 74.4 Å². The smallest absolute Gasteiger partial charge is 0.410 e. The number of β-amino-alcohol motifs (C(OH)–C–C–N with tert-alkyl or cyclic N) is 3. The second-order valence-corrected chi connectivity index (χ2v) is 42.1. The molecule has 4 aliphatic heterocycles. The van der Waals surface area contributed by atoms with Crippen LogP contribution in [0.2, 0.25) is 0 Å². The molecule has 722 valence electrons. The number of carbonyl (C=O) groups excluding carboxylic acids is 4. The second kappa shape index (κ2) is 50.6. The summed E-state index contributed by atoms with van der Waals surface area (Å²) >= 11 is 0. The predicted octanol–water partition coefficient (Wildman–Crippen LogP) is 15.4. The molecule has 30 heteroatoms. The zero-order valence-corrected chi connectivity index (χ0v) is 81.2. The van der Waals surface area contributed by atoms with Gasteiger partial charge in [-0.2, -0.15) is 12.9 Å². The number of ketones is 1. The van der Waals surface area contributed by atoms with Gasteiger partial charge in [0, 0.05) is 67.9 Å². The van der Waals surface area contributed by atoms with E-state index < -0.39 is 90.4 Å². The van der Waals surface area contributed by atoms with Crippen LogP contribution in [0.4, 0.5) is 4.79 Å². The zero-order chi connectivity index (χ0) is 97.7. The maximum atomic E-state index is 13.7. The summed E-state index contributed by atoms with van der Waals surface area (Å²) in [5.74, 6) is -1.78. The lowest BCUT2D eigenvalue weighted by molar-refractivity contribution is -0.139. The fraction of sp³-hybridized carbons (Fsp3) is 0.410. The van der Waals surface area contributed by atoms with Gasteiger partial charge in [0.05, 0.1) is 61.2 Å². The Morgan fingerprint density at radius 2 is 0.741 bits per heavy atom. The largest absolute Gasteiger partial charge is 0.481 e. The number of hydrogen-bond acceptors (Lipinski definition) is 20. The summed E-state index contributed by atoms with van der Waals surface area (Å²) in [6.07, 6.45) is 7.80. The van der Waals surface area contributed by atoms with E-state index in [1.165, 1.54) is 49.7 Å². The molecule has 4 saturated heterocycles. The normalized spacial score (nSPS) is 21.6. The fourth-order valence-electron chi connectivity index (χ4n) is 17.0. The molecular weight excluding hydrogens is 1770 g/mol. The van der Waals surface area contributed by atoms with Gasteiger partial charge in [-0.15, -0.1) is 0 Å². The summed E-state index contributed by atoms with van der Waals surface area (Å²) < 4.78 is 87.1. The van der Waals surface area contributed by atoms with Crippen LogP contribution in [0.3, 0.4) is 0 Å². The summed E-state index contributed by atoms with van der Waals surface area (Å²) in [5.41, 5.74) is 21.7. The van der Waals surface area contributed by atoms with Crippen LogP contribution < -0.4 is 22.1 Å². The number of pyridine rings is 3. The van der Waals surface area contributed by atoms with E-state index in [1.54, 1.807) is 48.2 Å². The first-order valence-electron chi connectivity index (χ1n) is 46.5. The third-order valence-electron chi connectivity index (χ3n) is 24.8. The van der Waals surface area contributed by atoms with Crippen LogP contribution in [0, 0.1) is 17.8 Å². The molecular formula is C105H133N11O16S3. The van der Waals surface area contributed by atoms with Crippen LogP contribution in [0.5, 0.6) is 0 Å². The fourth-order valence-corrected chi connectivity index (χ4v) is 21.8. The standard InChI is InChI=1S/C30H37N3O4S.C30H35N3O4S.C18H20O2.C15H22N2O3.C12H19N3O3S/c2*1-21(2)18-26(25-13-9-12-24(19-25)23-10-5-4-6-11-23)30(35)32-27-16-15-22(3)33(20-28(27)34)38(36,37)29-14-7-8-17-31-29;1-13(2)11-17(18(19)20)16-10-6-9-15(12-16)14-7-4-3-5-8-14;1-11-7-8-13(16)14(18)9-17(11)15(19)20-10-12-5-3-2-4-6-12;1-9-5-6-10(13)11(16)8-15(9)19(17,18)12-4-2-3-7-14-12/h4-14,17,19,21-22,26-28,34H,15-16,18,20H2,1-3H3,(H,32,35);4-14,17,19,21-22,26-27H,15-16,18,20H2,1-3H3,(H,32,35);3-10,12-13,17H,11H2,1-2H3,(H,19,20);2-6,11,13-14,18H,7-10,16H2,1H3;2-4,7,9-11,16H,5-6,8,13H2,1H3/t22-,26-,27-,28-;22-,26-,27+;17-;11-,13-,14-;9-,10-,11-/m11011/s1. The number of likely N-dealkylation sites (tertiary alicyclic amines) is 1. The molecule has 0 radical (unpaired) electrons. The van der Waals surface area contributed by atoms with Gasteiger partial charge in [0.25, 0.3) is 30.1 Å². The van der Waals surface area contributed by atoms with Crippen molar-refractivity contribution in [3.63, 3.8) is 0 Å². The number of carboxylic acids is 1. The molecule has 14 atom stereocenters. The molecule has 0 unspecified atom stereocenters. The maximum absolute atomic E-state index is 13.7. The molecule has 14 rings (SSSR count). The number of ether oxygens (including phenoxy) is 1. The molecule has 27 nitrogen and oxygen atoms in total. The number of carbonyl (C=O) groups is 5. The Bertz CT molecular complexity index is 5780. The number of aromatic nitrogens is 3. The molecule has 3 aromatic heterocycles. The van der Waals surface area contributed by atoms with Crippen LogP contribution in [-0.4, -0.2) is 201 Å². The highest BCUT2D eigenvalue weighted by Crippen LogP contribution is 2.36. The Morgan fingerprint density at radius 3 is 1.15 bits per heavy atom. The summed E-state index contributed by atoms with van der Waals surface area (Å²) in [6.45, 7) is 19.9. The van der Waals surface area contributed by atoms with Crippen molar-refractivity contribution in [3.05, 3.63) is 290 Å². The Balaban J connectivity index is 0.000000181. The van der Waals surface area contributed by atoms with Crippen molar-refractivity contribution in [2.24, 2.45) is 29.2 Å². The average Bonchev–Trinajstić information content (AvgIpc) is 1.75. The molecule has 4 aliphatic rings. The van der Waals surface area contributed by atoms with Crippen LogP contribution in [0.1, 0.15) is 180 Å². The number of hydrogen-bond donors (Lipinski definition) is 8. The number of benzene rings is 7. The minimum Gasteiger partial charge on any atom is -0.481 e. The van der Waals surface area contributed by atoms with E-state index in [4.69, 9.17) is 16.2 Å². The van der Waals surface area contributed by atoms with E-state index in [9.17, 15) is 69.7 Å². The van der Waals surface area contributed by atoms with Crippen molar-refractivity contribution in [1.82, 2.24) is 43.4 Å². The van der Waals surface area contributed by atoms with Gasteiger partial charge in [0.2, 0.25) is 11.8 Å². The average molecular weight is 1900 g/mol. The third-order valence-corrected chi connectivity index (χ3v) is 30.5. The number of aliphatic carboxylic acids is 1. The number of nitrogens with one attached hydrogen (secondary N) is 2. The maximum Gasteiger partial charge on any atom is 0.410 e. The molecule has 3 amide bonds. The SMILES string of the molecule is CC(C)C[C@@H](C(=O)N[C@@H]1CC[C@@H](C)N(S(=O)(=O)c2ccccn2)C[C@H]1O)c1cccc(-c2ccccc2)c1.CC(C)C[C@@H](C(=O)N[C@H]1CC[C@@H](C)N(S(=O)(=O)c2ccccn2)CC1=O)c1cccc(-c2ccccc2)c1.CC(C)C[C@H](C(=O)O)c1cccc(-c2ccccc2)c1.C[C@@H]1CC[C@@H](N)[C@H](O)CN1C(=O)OCc1ccccc1.C[C@@H]1CC[C@@H](N)[C@H](O)CN1S(=O)(=O)c1ccccn1. The van der Waals surface area contributed by atoms with Crippen molar-refractivity contribution in [1.29, 1.82) is 0 Å². The van der Waals surface area contributed by atoms with Gasteiger partial charge in [0.15, 0.2) is 20.9 Å². The Kier molecular flexibility index (Phi) is 39.7. The molecule has 135 heavy (non-hydrogen) atoms. The van der Waals surface area contributed by atoms with Crippen LogP contribution in [0.25, 0.3) is 33.4 Å². The first-order valence-corrected chi connectivity index (χ1v) is 50.9. The molecule has 4 fully saturated rings. The summed E-state index contributed by atoms with van der Waals surface area (Å²) in [4.78, 5) is 77.6. The van der Waals surface area contributed by atoms with E-state index in [-0.39, 0.29) is 113 Å². The number of aliphatic hydroxyl groups excluding tert-OH is 3. The highest BCUT2D eigenvalue weighted by atomic mass is 32.2. The van der Waals surface area contributed by atoms with Gasteiger partial charge in [-0.05, 0) is 208 Å². The molecule has 0 bridgehead atoms. The van der Waals surface area contributed by atoms with Gasteiger partial charge in [-0.25, -0.2) is 45.0 Å². The number of rotatable bonds is 25. The lowest BCUT2D eigenvalue weighted by Crippen LogP contribution is -2.49. The number of sulfonamides is 3. The van der Waals surface area contributed by atoms with Gasteiger partial charge < -0.3 is 52.2 Å². The number of aliphatic hydroxyl groups is 3. The molecule has 10 N–H and O–H groups in total. The molecule has 7 heterocycles. The number of carboxylic acid groups (broad SMARTS) is 1. The van der Waals surface area contributed by atoms with Gasteiger partial charge in [0.1, 0.15) is 6.61 Å². The monoisotopic (exact) mass is 1900 g/mol. The van der Waals surface area contributed by atoms with E-state index in [1.807, 2.05) is 209 Å². The number of Topliss-reactive ketones (excluding diaryl/α,β-unsaturated/α-hetero) is 1. The van der Waals surface area contributed by atoms with Gasteiger partial charge in [-0.3, -0.25) is 19.2 Å². The zero-order valence-electron chi connectivity index (χ0n) is 78.7. The van der Waals surface area contributed by atoms with Crippen molar-refractivity contribution in [2.45, 2.75) is 246 Å². The third kappa shape index (κ3) is 30.2. The first-order chi connectivity index (χ1) is 64.4. The van der Waals surface area contributed by atoms with E-state index in [0.717, 1.165) is 62.1 Å². The molecule has 7 aromatic carbocycles. The Labute approximate surface area is 796 Å². The van der Waals surface area contributed by atoms with E-state index in [0.29, 0.717) is 70.1 Å². The Morgan fingerprint density at radius 1 is 0.400 bits per heavy atom. The van der Waals surface area contributed by atoms with Crippen molar-refractivity contribution in [2.75, 3.05) is 26.2 Å². The molecule has 0 aliphatic carbocycles. The summed E-state index contributed by atoms with van der Waals surface area (Å²) in [6, 6.07) is 74.8. The van der Waals surface area contributed by atoms with Crippen LogP contribution >= 0.6 is 0 Å². The van der Waals surface area contributed by atoms with Crippen LogP contribution in [0.15, 0.2) is 282 Å². The lowest BCUT2D eigenvalue weighted by Gasteiger charge is -2.28. The van der Waals surface area contributed by atoms with Gasteiger partial charge in [-0.1, -0.05) is 254 Å².